The van der Waals surface area contributed by atoms with Crippen molar-refractivity contribution in [1.29, 1.82) is 0 Å². The number of anilines is 1. The van der Waals surface area contributed by atoms with Crippen LogP contribution in [0.3, 0.4) is 0 Å². The Morgan fingerprint density at radius 3 is 2.09 bits per heavy atom. The molecule has 0 saturated heterocycles. The first-order valence-corrected chi connectivity index (χ1v) is 6.50. The lowest BCUT2D eigenvalue weighted by atomic mass is 10.1. The van der Waals surface area contributed by atoms with Crippen LogP contribution in [0.15, 0.2) is 36.4 Å². The van der Waals surface area contributed by atoms with Crippen molar-refractivity contribution in [3.05, 3.63) is 42.0 Å². The molecule has 2 aromatic rings. The number of amides is 1. The van der Waals surface area contributed by atoms with Gasteiger partial charge < -0.3 is 24.6 Å². The molecule has 0 heterocycles. The van der Waals surface area contributed by atoms with Gasteiger partial charge in [-0.15, -0.1) is 0 Å². The molecular formula is C16H17NO5. The highest BCUT2D eigenvalue weighted by Crippen LogP contribution is 2.40. The van der Waals surface area contributed by atoms with E-state index in [9.17, 15) is 9.90 Å². The first-order chi connectivity index (χ1) is 10.6. The molecule has 0 aromatic heterocycles. The second-order valence-corrected chi connectivity index (χ2v) is 4.39. The van der Waals surface area contributed by atoms with Gasteiger partial charge in [0.1, 0.15) is 5.75 Å². The van der Waals surface area contributed by atoms with Crippen molar-refractivity contribution in [2.75, 3.05) is 26.6 Å². The van der Waals surface area contributed by atoms with Gasteiger partial charge >= 0.3 is 0 Å². The highest BCUT2D eigenvalue weighted by atomic mass is 16.5. The van der Waals surface area contributed by atoms with E-state index in [2.05, 4.69) is 5.32 Å². The molecule has 0 bridgehead atoms. The van der Waals surface area contributed by atoms with E-state index in [1.54, 1.807) is 24.3 Å². The fraction of sp³-hybridized carbons (Fsp3) is 0.188. The second-order valence-electron chi connectivity index (χ2n) is 4.39. The molecule has 0 aliphatic rings. The lowest BCUT2D eigenvalue weighted by Gasteiger charge is -2.14. The number of methoxy groups -OCH3 is 3. The van der Waals surface area contributed by atoms with E-state index in [1.165, 1.54) is 33.5 Å². The molecule has 6 nitrogen and oxygen atoms in total. The minimum absolute atomic E-state index is 0.0903. The van der Waals surface area contributed by atoms with Crippen molar-refractivity contribution in [3.63, 3.8) is 0 Å². The summed E-state index contributed by atoms with van der Waals surface area (Å²) >= 11 is 0. The van der Waals surface area contributed by atoms with Crippen molar-refractivity contribution in [2.45, 2.75) is 0 Å². The SMILES string of the molecule is COc1cc(NC(=O)c2ccccc2O)cc(OC)c1OC. The molecule has 2 rings (SSSR count). The van der Waals surface area contributed by atoms with Crippen LogP contribution < -0.4 is 19.5 Å². The predicted octanol–water partition coefficient (Wildman–Crippen LogP) is 2.67. The number of carbonyl (C=O) groups excluding carboxylic acids is 1. The van der Waals surface area contributed by atoms with Gasteiger partial charge in [-0.05, 0) is 12.1 Å². The average Bonchev–Trinajstić information content (AvgIpc) is 2.54. The average molecular weight is 303 g/mol. The maximum atomic E-state index is 12.2. The Balaban J connectivity index is 2.34. The third kappa shape index (κ3) is 3.06. The number of carbonyl (C=O) groups is 1. The number of aromatic hydroxyl groups is 1. The van der Waals surface area contributed by atoms with Crippen LogP contribution >= 0.6 is 0 Å². The summed E-state index contributed by atoms with van der Waals surface area (Å²) in [6, 6.07) is 9.51. The van der Waals surface area contributed by atoms with Gasteiger partial charge in [0.2, 0.25) is 5.75 Å². The van der Waals surface area contributed by atoms with Gasteiger partial charge in [0.05, 0.1) is 26.9 Å². The van der Waals surface area contributed by atoms with Gasteiger partial charge in [0.25, 0.3) is 5.91 Å². The molecule has 6 heteroatoms. The minimum atomic E-state index is -0.438. The van der Waals surface area contributed by atoms with Gasteiger partial charge in [-0.3, -0.25) is 4.79 Å². The highest BCUT2D eigenvalue weighted by molar-refractivity contribution is 6.06. The summed E-state index contributed by atoms with van der Waals surface area (Å²) in [6.45, 7) is 0. The Morgan fingerprint density at radius 1 is 1.00 bits per heavy atom. The fourth-order valence-electron chi connectivity index (χ4n) is 2.02. The number of para-hydroxylation sites is 1. The van der Waals surface area contributed by atoms with Crippen molar-refractivity contribution < 1.29 is 24.1 Å². The summed E-state index contributed by atoms with van der Waals surface area (Å²) < 4.78 is 15.7. The second kappa shape index (κ2) is 6.71. The summed E-state index contributed by atoms with van der Waals surface area (Å²) in [7, 11) is 4.48. The number of rotatable bonds is 5. The van der Waals surface area contributed by atoms with E-state index >= 15 is 0 Å². The van der Waals surface area contributed by atoms with Crippen molar-refractivity contribution in [3.8, 4) is 23.0 Å². The molecule has 22 heavy (non-hydrogen) atoms. The van der Waals surface area contributed by atoms with Crippen LogP contribution in [-0.2, 0) is 0 Å². The Bertz CT molecular complexity index is 659. The number of benzene rings is 2. The molecule has 0 spiro atoms. The van der Waals surface area contributed by atoms with Crippen LogP contribution in [0.25, 0.3) is 0 Å². The number of hydrogen-bond donors (Lipinski definition) is 2. The van der Waals surface area contributed by atoms with Crippen molar-refractivity contribution >= 4 is 11.6 Å². The molecule has 2 N–H and O–H groups in total. The Labute approximate surface area is 128 Å². The van der Waals surface area contributed by atoms with Gasteiger partial charge in [-0.2, -0.15) is 0 Å². The topological polar surface area (TPSA) is 77.0 Å². The quantitative estimate of drug-likeness (QED) is 0.888. The zero-order chi connectivity index (χ0) is 16.1. The Kier molecular flexibility index (Phi) is 4.73. The zero-order valence-corrected chi connectivity index (χ0v) is 12.5. The van der Waals surface area contributed by atoms with E-state index < -0.39 is 5.91 Å². The summed E-state index contributed by atoms with van der Waals surface area (Å²) in [5, 5.41) is 12.4. The Hall–Kier alpha value is -2.89. The predicted molar refractivity (Wildman–Crippen MR) is 82.2 cm³/mol. The molecular weight excluding hydrogens is 286 g/mol. The third-order valence-corrected chi connectivity index (χ3v) is 3.07. The first-order valence-electron chi connectivity index (χ1n) is 6.50. The van der Waals surface area contributed by atoms with Crippen LogP contribution in [0.4, 0.5) is 5.69 Å². The molecule has 1 amide bonds. The molecule has 0 fully saturated rings. The number of hydrogen-bond acceptors (Lipinski definition) is 5. The first kappa shape index (κ1) is 15.5. The van der Waals surface area contributed by atoms with Crippen molar-refractivity contribution in [1.82, 2.24) is 0 Å². The minimum Gasteiger partial charge on any atom is -0.507 e. The maximum absolute atomic E-state index is 12.2. The van der Waals surface area contributed by atoms with E-state index in [1.807, 2.05) is 0 Å². The number of phenolic OH excluding ortho intramolecular Hbond substituents is 1. The van der Waals surface area contributed by atoms with Crippen LogP contribution in [-0.4, -0.2) is 32.3 Å². The molecule has 2 aromatic carbocycles. The molecule has 0 aliphatic heterocycles. The van der Waals surface area contributed by atoms with Crippen molar-refractivity contribution in [2.24, 2.45) is 0 Å². The molecule has 0 radical (unpaired) electrons. The molecule has 0 aliphatic carbocycles. The van der Waals surface area contributed by atoms with E-state index in [0.29, 0.717) is 22.9 Å². The molecule has 116 valence electrons. The largest absolute Gasteiger partial charge is 0.507 e. The Morgan fingerprint density at radius 2 is 1.59 bits per heavy atom. The normalized spacial score (nSPS) is 9.95. The number of phenols is 1. The van der Waals surface area contributed by atoms with E-state index in [-0.39, 0.29) is 11.3 Å². The lowest BCUT2D eigenvalue weighted by molar-refractivity contribution is 0.102. The maximum Gasteiger partial charge on any atom is 0.259 e. The molecule has 0 unspecified atom stereocenters. The van der Waals surface area contributed by atoms with E-state index in [0.717, 1.165) is 0 Å². The summed E-state index contributed by atoms with van der Waals surface area (Å²) in [5.41, 5.74) is 0.638. The van der Waals surface area contributed by atoms with Gasteiger partial charge in [0, 0.05) is 17.8 Å². The highest BCUT2D eigenvalue weighted by Gasteiger charge is 2.16. The lowest BCUT2D eigenvalue weighted by Crippen LogP contribution is -2.12. The van der Waals surface area contributed by atoms with Gasteiger partial charge in [0.15, 0.2) is 11.5 Å². The monoisotopic (exact) mass is 303 g/mol. The van der Waals surface area contributed by atoms with Crippen LogP contribution in [0.2, 0.25) is 0 Å². The molecule has 0 saturated carbocycles. The summed E-state index contributed by atoms with van der Waals surface area (Å²) in [5.74, 6) is 0.759. The van der Waals surface area contributed by atoms with Gasteiger partial charge in [-0.25, -0.2) is 0 Å². The standard InChI is InChI=1S/C16H17NO5/c1-20-13-8-10(9-14(21-2)15(13)22-3)17-16(19)11-6-4-5-7-12(11)18/h4-9,18H,1-3H3,(H,17,19). The van der Waals surface area contributed by atoms with Crippen LogP contribution in [0.1, 0.15) is 10.4 Å². The van der Waals surface area contributed by atoms with Gasteiger partial charge in [-0.1, -0.05) is 12.1 Å². The van der Waals surface area contributed by atoms with E-state index in [4.69, 9.17) is 14.2 Å². The smallest absolute Gasteiger partial charge is 0.259 e. The molecule has 0 atom stereocenters. The summed E-state index contributed by atoms with van der Waals surface area (Å²) in [4.78, 5) is 12.2. The number of ether oxygens (including phenoxy) is 3. The van der Waals surface area contributed by atoms with Crippen LogP contribution in [0, 0.1) is 0 Å². The summed E-state index contributed by atoms with van der Waals surface area (Å²) in [6.07, 6.45) is 0. The van der Waals surface area contributed by atoms with Crippen LogP contribution in [0.5, 0.6) is 23.0 Å². The zero-order valence-electron chi connectivity index (χ0n) is 12.5. The fourth-order valence-corrected chi connectivity index (χ4v) is 2.02. The number of nitrogens with one attached hydrogen (secondary N) is 1. The third-order valence-electron chi connectivity index (χ3n) is 3.07.